The molecule has 2 aromatic rings. The normalized spacial score (nSPS) is 30.9. The minimum absolute atomic E-state index is 0.0155. The molecule has 2 heterocycles. The van der Waals surface area contributed by atoms with Crippen LogP contribution in [0.25, 0.3) is 0 Å². The Balaban J connectivity index is 1.30. The summed E-state index contributed by atoms with van der Waals surface area (Å²) >= 11 is 1.75. The van der Waals surface area contributed by atoms with E-state index in [1.165, 1.54) is 4.88 Å². The summed E-state index contributed by atoms with van der Waals surface area (Å²) in [5.74, 6) is 1.97. The van der Waals surface area contributed by atoms with Gasteiger partial charge in [-0.1, -0.05) is 20.8 Å². The third-order valence-corrected chi connectivity index (χ3v) is 9.88. The zero-order chi connectivity index (χ0) is 24.7. The van der Waals surface area contributed by atoms with Crippen LogP contribution >= 0.6 is 11.3 Å². The fraction of sp³-hybridized carbons (Fsp3) is 0.643. The number of benzene rings is 1. The zero-order valence-electron chi connectivity index (χ0n) is 21.3. The number of carbonyl (C=O) groups is 1. The Kier molecular flexibility index (Phi) is 6.83. The van der Waals surface area contributed by atoms with Gasteiger partial charge in [0.25, 0.3) is 0 Å². The Bertz CT molecular complexity index is 1050. The maximum atomic E-state index is 13.1. The smallest absolute Gasteiger partial charge is 0.225 e. The Hall–Kier alpha value is -2.12. The third kappa shape index (κ3) is 4.57. The van der Waals surface area contributed by atoms with Crippen molar-refractivity contribution in [2.45, 2.75) is 71.5 Å². The van der Waals surface area contributed by atoms with Crippen LogP contribution < -0.4 is 9.47 Å². The molecule has 3 aliphatic rings. The molecule has 0 spiro atoms. The number of amides is 1. The van der Waals surface area contributed by atoms with Crippen molar-refractivity contribution < 1.29 is 19.4 Å². The van der Waals surface area contributed by atoms with Crippen molar-refractivity contribution in [1.29, 1.82) is 0 Å². The van der Waals surface area contributed by atoms with E-state index in [-0.39, 0.29) is 35.0 Å². The lowest BCUT2D eigenvalue weighted by Gasteiger charge is -2.53. The van der Waals surface area contributed by atoms with Gasteiger partial charge < -0.3 is 19.5 Å². The average molecular weight is 499 g/mol. The number of rotatable bonds is 6. The molecule has 1 saturated carbocycles. The summed E-state index contributed by atoms with van der Waals surface area (Å²) in [5, 5.41) is 12.6. The molecule has 1 amide bonds. The number of methoxy groups -OCH3 is 1. The van der Waals surface area contributed by atoms with Gasteiger partial charge in [-0.25, -0.2) is 4.98 Å². The average Bonchev–Trinajstić information content (AvgIpc) is 3.52. The molecule has 1 N–H and O–H groups in total. The predicted molar refractivity (Wildman–Crippen MR) is 137 cm³/mol. The third-order valence-electron chi connectivity index (χ3n) is 8.84. The quantitative estimate of drug-likeness (QED) is 0.604. The number of hydrogen-bond acceptors (Lipinski definition) is 6. The van der Waals surface area contributed by atoms with E-state index in [0.717, 1.165) is 67.4 Å². The Labute approximate surface area is 212 Å². The number of aromatic nitrogens is 1. The predicted octanol–water partition coefficient (Wildman–Crippen LogP) is 5.04. The summed E-state index contributed by atoms with van der Waals surface area (Å²) in [6.07, 6.45) is 4.59. The van der Waals surface area contributed by atoms with Crippen LogP contribution in [0.15, 0.2) is 24.3 Å². The summed E-state index contributed by atoms with van der Waals surface area (Å²) in [6.45, 7) is 8.75. The second-order valence-corrected chi connectivity index (χ2v) is 12.2. The highest BCUT2D eigenvalue weighted by molar-refractivity contribution is 7.11. The maximum absolute atomic E-state index is 13.1. The molecule has 6 nitrogen and oxygen atoms in total. The first-order valence-corrected chi connectivity index (χ1v) is 13.8. The topological polar surface area (TPSA) is 71.9 Å². The van der Waals surface area contributed by atoms with Gasteiger partial charge in [-0.05, 0) is 73.6 Å². The fourth-order valence-corrected chi connectivity index (χ4v) is 8.17. The van der Waals surface area contributed by atoms with E-state index in [1.54, 1.807) is 18.4 Å². The largest absolute Gasteiger partial charge is 0.497 e. The lowest BCUT2D eigenvalue weighted by atomic mass is 9.53. The first-order valence-electron chi connectivity index (χ1n) is 13.0. The monoisotopic (exact) mass is 498 g/mol. The van der Waals surface area contributed by atoms with Crippen LogP contribution in [0.1, 0.15) is 68.0 Å². The number of likely N-dealkylation sites (tertiary alicyclic amines) is 1. The van der Waals surface area contributed by atoms with Crippen molar-refractivity contribution in [3.05, 3.63) is 39.8 Å². The van der Waals surface area contributed by atoms with Crippen molar-refractivity contribution in [2.24, 2.45) is 23.2 Å². The second-order valence-electron chi connectivity index (χ2n) is 11.0. The molecule has 35 heavy (non-hydrogen) atoms. The first kappa shape index (κ1) is 24.6. The number of ether oxygens (including phenoxy) is 2. The zero-order valence-corrected chi connectivity index (χ0v) is 22.1. The number of hydrogen-bond donors (Lipinski definition) is 1. The Morgan fingerprint density at radius 2 is 1.94 bits per heavy atom. The molecule has 1 saturated heterocycles. The van der Waals surface area contributed by atoms with Crippen LogP contribution in [-0.2, 0) is 17.8 Å². The molecular weight excluding hydrogens is 460 g/mol. The van der Waals surface area contributed by atoms with Gasteiger partial charge in [0.1, 0.15) is 23.1 Å². The highest BCUT2D eigenvalue weighted by Gasteiger charge is 2.54. The number of nitrogens with zero attached hydrogens (tertiary/aromatic N) is 2. The van der Waals surface area contributed by atoms with Crippen molar-refractivity contribution in [3.8, 4) is 11.5 Å². The molecule has 2 aliphatic carbocycles. The van der Waals surface area contributed by atoms with Crippen LogP contribution in [0.5, 0.6) is 11.5 Å². The van der Waals surface area contributed by atoms with Crippen LogP contribution in [0.4, 0.5) is 0 Å². The van der Waals surface area contributed by atoms with Gasteiger partial charge in [0.05, 0.1) is 18.9 Å². The molecule has 1 aliphatic heterocycles. The molecule has 0 unspecified atom stereocenters. The van der Waals surface area contributed by atoms with E-state index in [9.17, 15) is 9.90 Å². The van der Waals surface area contributed by atoms with Gasteiger partial charge in [-0.3, -0.25) is 4.79 Å². The van der Waals surface area contributed by atoms with Crippen molar-refractivity contribution in [3.63, 3.8) is 0 Å². The summed E-state index contributed by atoms with van der Waals surface area (Å²) < 4.78 is 11.2. The number of aliphatic hydroxyl groups excluding tert-OH is 1. The molecule has 190 valence electrons. The van der Waals surface area contributed by atoms with E-state index in [2.05, 4.69) is 13.8 Å². The van der Waals surface area contributed by atoms with Gasteiger partial charge in [0, 0.05) is 29.8 Å². The molecule has 1 aromatic carbocycles. The first-order chi connectivity index (χ1) is 16.8. The minimum atomic E-state index is -0.487. The summed E-state index contributed by atoms with van der Waals surface area (Å²) in [6, 6.07) is 7.60. The lowest BCUT2D eigenvalue weighted by Crippen LogP contribution is -2.53. The van der Waals surface area contributed by atoms with Gasteiger partial charge in [-0.2, -0.15) is 0 Å². The molecule has 2 fully saturated rings. The lowest BCUT2D eigenvalue weighted by molar-refractivity contribution is -0.143. The Morgan fingerprint density at radius 1 is 1.26 bits per heavy atom. The van der Waals surface area contributed by atoms with Gasteiger partial charge in [-0.15, -0.1) is 11.3 Å². The van der Waals surface area contributed by atoms with Crippen molar-refractivity contribution >= 4 is 17.2 Å². The SMILES string of the molecule is COc1ccc(OCc2nc3c(s2)C[C@]2(C)CC[C@@H]([C@H](C)C(=O)N4CCCC4)[C@H](O)[C@H]2[C@@H]3C)cc1. The van der Waals surface area contributed by atoms with Crippen LogP contribution in [0.2, 0.25) is 0 Å². The molecule has 6 atom stereocenters. The van der Waals surface area contributed by atoms with Crippen LogP contribution in [0, 0.1) is 23.2 Å². The Morgan fingerprint density at radius 3 is 2.63 bits per heavy atom. The fourth-order valence-electron chi connectivity index (χ4n) is 6.88. The van der Waals surface area contributed by atoms with E-state index >= 15 is 0 Å². The molecule has 7 heteroatoms. The van der Waals surface area contributed by atoms with Gasteiger partial charge >= 0.3 is 0 Å². The van der Waals surface area contributed by atoms with Crippen molar-refractivity contribution in [2.75, 3.05) is 20.2 Å². The van der Waals surface area contributed by atoms with Crippen molar-refractivity contribution in [1.82, 2.24) is 9.88 Å². The molecule has 5 rings (SSSR count). The molecule has 0 bridgehead atoms. The van der Waals surface area contributed by atoms with Crippen LogP contribution in [-0.4, -0.2) is 47.2 Å². The van der Waals surface area contributed by atoms with Gasteiger partial charge in [0.2, 0.25) is 5.91 Å². The number of thiazole rings is 1. The number of aliphatic hydroxyl groups is 1. The summed E-state index contributed by atoms with van der Waals surface area (Å²) in [4.78, 5) is 21.4. The number of carbonyl (C=O) groups excluding carboxylic acids is 1. The highest BCUT2D eigenvalue weighted by Crippen LogP contribution is 2.57. The maximum Gasteiger partial charge on any atom is 0.225 e. The van der Waals surface area contributed by atoms with E-state index in [4.69, 9.17) is 14.5 Å². The highest BCUT2D eigenvalue weighted by atomic mass is 32.1. The summed E-state index contributed by atoms with van der Waals surface area (Å²) in [5.41, 5.74) is 1.14. The molecular formula is C28H38N2O4S. The minimum Gasteiger partial charge on any atom is -0.497 e. The van der Waals surface area contributed by atoms with Crippen LogP contribution in [0.3, 0.4) is 0 Å². The second kappa shape index (κ2) is 9.74. The molecule has 1 aromatic heterocycles. The molecule has 0 radical (unpaired) electrons. The van der Waals surface area contributed by atoms with E-state index in [0.29, 0.717) is 6.61 Å². The number of fused-ring (bicyclic) bond motifs is 2. The standard InChI is InChI=1S/C28H38N2O4S/c1-17(27(32)30-13-5-6-14-30)21-11-12-28(3)15-22-25(18(2)24(28)26(21)31)29-23(35-22)16-34-20-9-7-19(33-4)8-10-20/h7-10,17-18,21,24,26,31H,5-6,11-16H2,1-4H3/t17-,18-,21-,24+,26-,28-/m0/s1. The van der Waals surface area contributed by atoms with E-state index in [1.807, 2.05) is 36.1 Å². The van der Waals surface area contributed by atoms with Gasteiger partial charge in [0.15, 0.2) is 0 Å². The van der Waals surface area contributed by atoms with E-state index < -0.39 is 6.10 Å². The summed E-state index contributed by atoms with van der Waals surface area (Å²) in [7, 11) is 1.65.